The van der Waals surface area contributed by atoms with Crippen molar-refractivity contribution in [3.63, 3.8) is 0 Å². The van der Waals surface area contributed by atoms with E-state index in [0.717, 1.165) is 41.4 Å². The molecule has 3 heterocycles. The number of thiophene rings is 1. The van der Waals surface area contributed by atoms with Crippen LogP contribution in [0.15, 0.2) is 12.7 Å². The van der Waals surface area contributed by atoms with Crippen molar-refractivity contribution in [3.05, 3.63) is 28.9 Å². The van der Waals surface area contributed by atoms with Crippen molar-refractivity contribution in [1.29, 1.82) is 0 Å². The van der Waals surface area contributed by atoms with Gasteiger partial charge in [-0.25, -0.2) is 9.97 Å². The van der Waals surface area contributed by atoms with Gasteiger partial charge in [0.15, 0.2) is 0 Å². The summed E-state index contributed by atoms with van der Waals surface area (Å²) < 4.78 is 2.05. The van der Waals surface area contributed by atoms with Crippen molar-refractivity contribution in [1.82, 2.24) is 24.7 Å². The number of aromatic nitrogens is 5. The lowest BCUT2D eigenvalue weighted by molar-refractivity contribution is 0.697. The van der Waals surface area contributed by atoms with Gasteiger partial charge >= 0.3 is 0 Å². The summed E-state index contributed by atoms with van der Waals surface area (Å²) in [5.41, 5.74) is 1.26. The van der Waals surface area contributed by atoms with E-state index in [4.69, 9.17) is 0 Å². The molecule has 3 aromatic heterocycles. The Kier molecular flexibility index (Phi) is 3.83. The fraction of sp³-hybridized carbons (Fsp3) is 0.429. The highest BCUT2D eigenvalue weighted by Crippen LogP contribution is 2.32. The van der Waals surface area contributed by atoms with Crippen LogP contribution < -0.4 is 5.32 Å². The van der Waals surface area contributed by atoms with Crippen LogP contribution in [0.4, 0.5) is 5.82 Å². The molecule has 0 bridgehead atoms. The van der Waals surface area contributed by atoms with Gasteiger partial charge in [-0.2, -0.15) is 0 Å². The average molecular weight is 302 g/mol. The Morgan fingerprint density at radius 1 is 1.29 bits per heavy atom. The van der Waals surface area contributed by atoms with E-state index in [0.29, 0.717) is 0 Å². The maximum absolute atomic E-state index is 4.38. The standard InChI is InChI=1S/C14H18N6S/c1-4-20-8-18-19-11(20)5-6-15-13-12-9(2)10(3)21-14(12)17-7-16-13/h7-8H,4-6H2,1-3H3,(H,15,16,17). The van der Waals surface area contributed by atoms with Crippen LogP contribution in [0.3, 0.4) is 0 Å². The van der Waals surface area contributed by atoms with Crippen LogP contribution in [0.5, 0.6) is 0 Å². The SMILES string of the molecule is CCn1cnnc1CCNc1ncnc2sc(C)c(C)c12. The lowest BCUT2D eigenvalue weighted by atomic mass is 10.2. The molecule has 0 amide bonds. The lowest BCUT2D eigenvalue weighted by Crippen LogP contribution is -2.11. The summed E-state index contributed by atoms with van der Waals surface area (Å²) in [6.07, 6.45) is 4.21. The number of nitrogens with one attached hydrogen (secondary N) is 1. The Balaban J connectivity index is 1.77. The van der Waals surface area contributed by atoms with Crippen LogP contribution in [0.25, 0.3) is 10.2 Å². The average Bonchev–Trinajstić information content (AvgIpc) is 3.05. The van der Waals surface area contributed by atoms with Crippen LogP contribution in [0, 0.1) is 13.8 Å². The zero-order valence-corrected chi connectivity index (χ0v) is 13.2. The Morgan fingerprint density at radius 2 is 2.14 bits per heavy atom. The van der Waals surface area contributed by atoms with Gasteiger partial charge in [0.1, 0.15) is 29.1 Å². The van der Waals surface area contributed by atoms with Gasteiger partial charge in [-0.15, -0.1) is 21.5 Å². The minimum absolute atomic E-state index is 0.777. The first-order valence-corrected chi connectivity index (χ1v) is 7.83. The molecule has 0 radical (unpaired) electrons. The summed E-state index contributed by atoms with van der Waals surface area (Å²) in [6, 6.07) is 0. The topological polar surface area (TPSA) is 68.5 Å². The quantitative estimate of drug-likeness (QED) is 0.784. The molecule has 0 spiro atoms. The zero-order chi connectivity index (χ0) is 14.8. The summed E-state index contributed by atoms with van der Waals surface area (Å²) in [7, 11) is 0. The largest absolute Gasteiger partial charge is 0.369 e. The van der Waals surface area contributed by atoms with Gasteiger partial charge in [0, 0.05) is 24.4 Å². The maximum atomic E-state index is 4.38. The monoisotopic (exact) mass is 302 g/mol. The van der Waals surface area contributed by atoms with E-state index < -0.39 is 0 Å². The van der Waals surface area contributed by atoms with E-state index in [1.807, 2.05) is 0 Å². The molecule has 0 aliphatic heterocycles. The molecule has 21 heavy (non-hydrogen) atoms. The molecule has 0 aromatic carbocycles. The molecule has 0 saturated carbocycles. The molecule has 3 rings (SSSR count). The number of hydrogen-bond donors (Lipinski definition) is 1. The molecule has 7 heteroatoms. The van der Waals surface area contributed by atoms with Gasteiger partial charge in [0.2, 0.25) is 0 Å². The first-order chi connectivity index (χ1) is 10.2. The van der Waals surface area contributed by atoms with Crippen molar-refractivity contribution in [2.45, 2.75) is 33.7 Å². The Bertz CT molecular complexity index is 760. The second-order valence-electron chi connectivity index (χ2n) is 4.90. The van der Waals surface area contributed by atoms with Crippen LogP contribution in [0.1, 0.15) is 23.2 Å². The third kappa shape index (κ3) is 2.61. The van der Waals surface area contributed by atoms with Gasteiger partial charge in [0.25, 0.3) is 0 Å². The van der Waals surface area contributed by atoms with Crippen molar-refractivity contribution < 1.29 is 0 Å². The highest BCUT2D eigenvalue weighted by Gasteiger charge is 2.11. The van der Waals surface area contributed by atoms with Crippen LogP contribution in [-0.4, -0.2) is 31.3 Å². The van der Waals surface area contributed by atoms with Crippen molar-refractivity contribution >= 4 is 27.4 Å². The fourth-order valence-corrected chi connectivity index (χ4v) is 3.34. The molecule has 0 atom stereocenters. The zero-order valence-electron chi connectivity index (χ0n) is 12.4. The maximum Gasteiger partial charge on any atom is 0.138 e. The summed E-state index contributed by atoms with van der Waals surface area (Å²) in [5, 5.41) is 12.6. The predicted molar refractivity (Wildman–Crippen MR) is 84.8 cm³/mol. The summed E-state index contributed by atoms with van der Waals surface area (Å²) in [5.74, 6) is 1.90. The van der Waals surface area contributed by atoms with Crippen molar-refractivity contribution in [2.75, 3.05) is 11.9 Å². The number of fused-ring (bicyclic) bond motifs is 1. The normalized spacial score (nSPS) is 11.2. The third-order valence-electron chi connectivity index (χ3n) is 3.64. The number of anilines is 1. The minimum atomic E-state index is 0.777. The molecule has 0 fully saturated rings. The van der Waals surface area contributed by atoms with Crippen LogP contribution in [-0.2, 0) is 13.0 Å². The van der Waals surface area contributed by atoms with E-state index >= 15 is 0 Å². The number of hydrogen-bond acceptors (Lipinski definition) is 6. The first kappa shape index (κ1) is 13.9. The van der Waals surface area contributed by atoms with E-state index in [9.17, 15) is 0 Å². The second-order valence-corrected chi connectivity index (χ2v) is 6.10. The Morgan fingerprint density at radius 3 is 2.95 bits per heavy atom. The van der Waals surface area contributed by atoms with Crippen LogP contribution >= 0.6 is 11.3 Å². The molecule has 110 valence electrons. The number of aryl methyl sites for hydroxylation is 3. The van der Waals surface area contributed by atoms with Gasteiger partial charge in [0.05, 0.1) is 5.39 Å². The summed E-state index contributed by atoms with van der Waals surface area (Å²) >= 11 is 1.71. The number of nitrogens with zero attached hydrogens (tertiary/aromatic N) is 5. The fourth-order valence-electron chi connectivity index (χ4n) is 2.35. The van der Waals surface area contributed by atoms with E-state index in [1.54, 1.807) is 24.0 Å². The molecule has 0 unspecified atom stereocenters. The minimum Gasteiger partial charge on any atom is -0.369 e. The Hall–Kier alpha value is -2.02. The van der Waals surface area contributed by atoms with Crippen molar-refractivity contribution in [2.24, 2.45) is 0 Å². The highest BCUT2D eigenvalue weighted by molar-refractivity contribution is 7.18. The lowest BCUT2D eigenvalue weighted by Gasteiger charge is -2.07. The van der Waals surface area contributed by atoms with Gasteiger partial charge < -0.3 is 9.88 Å². The van der Waals surface area contributed by atoms with Gasteiger partial charge in [-0.05, 0) is 26.3 Å². The van der Waals surface area contributed by atoms with E-state index in [1.165, 1.54) is 10.4 Å². The molecule has 6 nitrogen and oxygen atoms in total. The molecular formula is C14H18N6S. The second kappa shape index (κ2) is 5.77. The summed E-state index contributed by atoms with van der Waals surface area (Å²) in [4.78, 5) is 11.1. The molecule has 1 N–H and O–H groups in total. The van der Waals surface area contributed by atoms with Gasteiger partial charge in [-0.3, -0.25) is 0 Å². The molecular weight excluding hydrogens is 284 g/mol. The summed E-state index contributed by atoms with van der Waals surface area (Å²) in [6.45, 7) is 8.00. The Labute approximate surface area is 127 Å². The van der Waals surface area contributed by atoms with E-state index in [-0.39, 0.29) is 0 Å². The first-order valence-electron chi connectivity index (χ1n) is 7.02. The predicted octanol–water partition coefficient (Wildman–Crippen LogP) is 2.57. The number of rotatable bonds is 5. The van der Waals surface area contributed by atoms with Crippen LogP contribution in [0.2, 0.25) is 0 Å². The molecule has 3 aromatic rings. The van der Waals surface area contributed by atoms with Gasteiger partial charge in [-0.1, -0.05) is 0 Å². The highest BCUT2D eigenvalue weighted by atomic mass is 32.1. The molecule has 0 aliphatic rings. The van der Waals surface area contributed by atoms with E-state index in [2.05, 4.69) is 50.8 Å². The molecule has 0 aliphatic carbocycles. The van der Waals surface area contributed by atoms with Crippen molar-refractivity contribution in [3.8, 4) is 0 Å². The third-order valence-corrected chi connectivity index (χ3v) is 4.76. The molecule has 0 saturated heterocycles. The smallest absolute Gasteiger partial charge is 0.138 e.